The first kappa shape index (κ1) is 12.0. The van der Waals surface area contributed by atoms with Crippen LogP contribution in [0.1, 0.15) is 12.1 Å². The Kier molecular flexibility index (Phi) is 3.18. The smallest absolute Gasteiger partial charge is 0.303 e. The SMILES string of the molecule is O=C(O)CCc1ccc2cc([N+](=O)[O-])ccc2n1. The number of benzene rings is 1. The fourth-order valence-corrected chi connectivity index (χ4v) is 1.64. The molecule has 0 amide bonds. The highest BCUT2D eigenvalue weighted by molar-refractivity contribution is 5.81. The average molecular weight is 246 g/mol. The highest BCUT2D eigenvalue weighted by Gasteiger charge is 2.07. The van der Waals surface area contributed by atoms with Gasteiger partial charge < -0.3 is 5.11 Å². The van der Waals surface area contributed by atoms with Gasteiger partial charge >= 0.3 is 5.97 Å². The lowest BCUT2D eigenvalue weighted by molar-refractivity contribution is -0.384. The molecule has 0 aliphatic rings. The molecule has 2 aromatic rings. The average Bonchev–Trinajstić information content (AvgIpc) is 2.35. The Morgan fingerprint density at radius 1 is 1.33 bits per heavy atom. The fraction of sp³-hybridized carbons (Fsp3) is 0.167. The molecule has 0 aliphatic carbocycles. The van der Waals surface area contributed by atoms with E-state index in [1.54, 1.807) is 18.2 Å². The number of rotatable bonds is 4. The second kappa shape index (κ2) is 4.79. The molecule has 6 nitrogen and oxygen atoms in total. The number of aryl methyl sites for hydroxylation is 1. The molecule has 1 N–H and O–H groups in total. The zero-order valence-corrected chi connectivity index (χ0v) is 9.37. The number of pyridine rings is 1. The molecular formula is C12H10N2O4. The molecule has 92 valence electrons. The van der Waals surface area contributed by atoms with E-state index in [2.05, 4.69) is 4.98 Å². The summed E-state index contributed by atoms with van der Waals surface area (Å²) in [5.41, 5.74) is 1.31. The van der Waals surface area contributed by atoms with Crippen molar-refractivity contribution < 1.29 is 14.8 Å². The number of carboxylic acids is 1. The van der Waals surface area contributed by atoms with Gasteiger partial charge in [0.2, 0.25) is 0 Å². The van der Waals surface area contributed by atoms with Gasteiger partial charge in [-0.2, -0.15) is 0 Å². The largest absolute Gasteiger partial charge is 0.481 e. The summed E-state index contributed by atoms with van der Waals surface area (Å²) in [7, 11) is 0. The number of aliphatic carboxylic acids is 1. The number of nitrogens with zero attached hydrogens (tertiary/aromatic N) is 2. The zero-order valence-electron chi connectivity index (χ0n) is 9.37. The minimum atomic E-state index is -0.874. The van der Waals surface area contributed by atoms with E-state index in [9.17, 15) is 14.9 Å². The van der Waals surface area contributed by atoms with E-state index >= 15 is 0 Å². The third-order valence-corrected chi connectivity index (χ3v) is 2.54. The predicted octanol–water partition coefficient (Wildman–Crippen LogP) is 2.16. The van der Waals surface area contributed by atoms with E-state index in [-0.39, 0.29) is 12.1 Å². The molecular weight excluding hydrogens is 236 g/mol. The molecule has 0 atom stereocenters. The van der Waals surface area contributed by atoms with Gasteiger partial charge in [-0.3, -0.25) is 19.9 Å². The summed E-state index contributed by atoms with van der Waals surface area (Å²) in [6.45, 7) is 0. The monoisotopic (exact) mass is 246 g/mol. The zero-order chi connectivity index (χ0) is 13.1. The van der Waals surface area contributed by atoms with Gasteiger partial charge in [-0.15, -0.1) is 0 Å². The van der Waals surface area contributed by atoms with E-state index in [4.69, 9.17) is 5.11 Å². The number of hydrogen-bond acceptors (Lipinski definition) is 4. The molecule has 1 aromatic carbocycles. The summed E-state index contributed by atoms with van der Waals surface area (Å²) >= 11 is 0. The van der Waals surface area contributed by atoms with Crippen molar-refractivity contribution in [1.29, 1.82) is 0 Å². The molecule has 18 heavy (non-hydrogen) atoms. The molecule has 2 rings (SSSR count). The lowest BCUT2D eigenvalue weighted by Gasteiger charge is -2.01. The number of non-ortho nitro benzene ring substituents is 1. The molecule has 0 saturated carbocycles. The number of nitro benzene ring substituents is 1. The first-order valence-corrected chi connectivity index (χ1v) is 5.32. The number of nitro groups is 1. The van der Waals surface area contributed by atoms with E-state index in [1.165, 1.54) is 12.1 Å². The molecule has 0 aliphatic heterocycles. The second-order valence-corrected chi connectivity index (χ2v) is 3.83. The lowest BCUT2D eigenvalue weighted by Crippen LogP contribution is -1.99. The van der Waals surface area contributed by atoms with Crippen molar-refractivity contribution in [2.45, 2.75) is 12.8 Å². The molecule has 0 unspecified atom stereocenters. The summed E-state index contributed by atoms with van der Waals surface area (Å²) in [6, 6.07) is 7.80. The van der Waals surface area contributed by atoms with Gasteiger partial charge in [0.25, 0.3) is 5.69 Å². The van der Waals surface area contributed by atoms with Crippen LogP contribution in [-0.4, -0.2) is 21.0 Å². The van der Waals surface area contributed by atoms with Crippen LogP contribution in [0.25, 0.3) is 10.9 Å². The Hall–Kier alpha value is -2.50. The molecule has 0 fully saturated rings. The van der Waals surface area contributed by atoms with Gasteiger partial charge in [-0.1, -0.05) is 6.07 Å². The summed E-state index contributed by atoms with van der Waals surface area (Å²) in [5.74, 6) is -0.874. The van der Waals surface area contributed by atoms with Gasteiger partial charge in [-0.25, -0.2) is 0 Å². The first-order chi connectivity index (χ1) is 8.56. The Labute approximate surface area is 102 Å². The lowest BCUT2D eigenvalue weighted by atomic mass is 10.1. The van der Waals surface area contributed by atoms with Gasteiger partial charge in [0.1, 0.15) is 0 Å². The van der Waals surface area contributed by atoms with Crippen LogP contribution in [0.5, 0.6) is 0 Å². The quantitative estimate of drug-likeness (QED) is 0.659. The maximum atomic E-state index is 10.6. The van der Waals surface area contributed by atoms with Crippen LogP contribution >= 0.6 is 0 Å². The van der Waals surface area contributed by atoms with Crippen molar-refractivity contribution in [3.8, 4) is 0 Å². The number of carboxylic acid groups (broad SMARTS) is 1. The molecule has 1 aromatic heterocycles. The third kappa shape index (κ3) is 2.60. The van der Waals surface area contributed by atoms with Crippen LogP contribution in [0.15, 0.2) is 30.3 Å². The minimum Gasteiger partial charge on any atom is -0.481 e. The summed E-state index contributed by atoms with van der Waals surface area (Å²) in [4.78, 5) is 24.9. The third-order valence-electron chi connectivity index (χ3n) is 2.54. The van der Waals surface area contributed by atoms with Crippen molar-refractivity contribution in [3.63, 3.8) is 0 Å². The predicted molar refractivity (Wildman–Crippen MR) is 64.4 cm³/mol. The van der Waals surface area contributed by atoms with Crippen molar-refractivity contribution in [2.75, 3.05) is 0 Å². The summed E-state index contributed by atoms with van der Waals surface area (Å²) in [6.07, 6.45) is 0.369. The fourth-order valence-electron chi connectivity index (χ4n) is 1.64. The Balaban J connectivity index is 2.32. The molecule has 0 radical (unpaired) electrons. The highest BCUT2D eigenvalue weighted by atomic mass is 16.6. The summed E-state index contributed by atoms with van der Waals surface area (Å²) < 4.78 is 0. The normalized spacial score (nSPS) is 10.4. The van der Waals surface area contributed by atoms with Crippen LogP contribution in [0, 0.1) is 10.1 Å². The maximum absolute atomic E-state index is 10.6. The van der Waals surface area contributed by atoms with Crippen LogP contribution in [0.4, 0.5) is 5.69 Å². The molecule has 1 heterocycles. The maximum Gasteiger partial charge on any atom is 0.303 e. The first-order valence-electron chi connectivity index (χ1n) is 5.32. The Morgan fingerprint density at radius 3 is 2.78 bits per heavy atom. The van der Waals surface area contributed by atoms with Crippen molar-refractivity contribution >= 4 is 22.6 Å². The highest BCUT2D eigenvalue weighted by Crippen LogP contribution is 2.20. The number of fused-ring (bicyclic) bond motifs is 1. The molecule has 6 heteroatoms. The van der Waals surface area contributed by atoms with Crippen molar-refractivity contribution in [1.82, 2.24) is 4.98 Å². The van der Waals surface area contributed by atoms with E-state index in [0.717, 1.165) is 0 Å². The van der Waals surface area contributed by atoms with E-state index < -0.39 is 10.9 Å². The van der Waals surface area contributed by atoms with E-state index in [0.29, 0.717) is 23.0 Å². The Morgan fingerprint density at radius 2 is 2.11 bits per heavy atom. The van der Waals surface area contributed by atoms with Gasteiger partial charge in [0.05, 0.1) is 16.9 Å². The number of hydrogen-bond donors (Lipinski definition) is 1. The van der Waals surface area contributed by atoms with E-state index in [1.807, 2.05) is 0 Å². The van der Waals surface area contributed by atoms with Gasteiger partial charge in [0.15, 0.2) is 0 Å². The van der Waals surface area contributed by atoms with Gasteiger partial charge in [-0.05, 0) is 12.1 Å². The molecule has 0 bridgehead atoms. The van der Waals surface area contributed by atoms with Gasteiger partial charge in [0, 0.05) is 29.6 Å². The number of carbonyl (C=O) groups is 1. The second-order valence-electron chi connectivity index (χ2n) is 3.83. The minimum absolute atomic E-state index is 0.0163. The van der Waals surface area contributed by atoms with Crippen LogP contribution in [-0.2, 0) is 11.2 Å². The van der Waals surface area contributed by atoms with Crippen LogP contribution in [0.2, 0.25) is 0 Å². The number of aromatic nitrogens is 1. The standard InChI is InChI=1S/C12H10N2O4/c15-12(16)6-3-9-2-1-8-7-10(14(17)18)4-5-11(8)13-9/h1-2,4-5,7H,3,6H2,(H,15,16). The molecule has 0 spiro atoms. The van der Waals surface area contributed by atoms with Crippen LogP contribution in [0.3, 0.4) is 0 Å². The molecule has 0 saturated heterocycles. The van der Waals surface area contributed by atoms with Crippen molar-refractivity contribution in [3.05, 3.63) is 46.1 Å². The Bertz CT molecular complexity index is 625. The van der Waals surface area contributed by atoms with Crippen LogP contribution < -0.4 is 0 Å². The van der Waals surface area contributed by atoms with Crippen molar-refractivity contribution in [2.24, 2.45) is 0 Å². The summed E-state index contributed by atoms with van der Waals surface area (Å²) in [5, 5.41) is 19.9. The topological polar surface area (TPSA) is 93.3 Å².